The maximum atomic E-state index is 14.2. The third kappa shape index (κ3) is 8.26. The van der Waals surface area contributed by atoms with Crippen molar-refractivity contribution in [1.82, 2.24) is 0 Å². The van der Waals surface area contributed by atoms with Crippen LogP contribution in [0.15, 0.2) is 120 Å². The van der Waals surface area contributed by atoms with Crippen LogP contribution < -0.4 is 9.80 Å². The molecule has 9 nitrogen and oxygen atoms in total. The average molecular weight is 809 g/mol. The van der Waals surface area contributed by atoms with Gasteiger partial charge < -0.3 is 9.80 Å². The Kier molecular flexibility index (Phi) is 11.2. The van der Waals surface area contributed by atoms with Gasteiger partial charge in [-0.25, -0.2) is 0 Å². The molecule has 0 saturated heterocycles. The molecule has 0 aromatic heterocycles. The molecule has 7 rings (SSSR count). The van der Waals surface area contributed by atoms with Crippen molar-refractivity contribution in [1.29, 1.82) is 0 Å². The highest BCUT2D eigenvalue weighted by Gasteiger charge is 2.42. The predicted octanol–water partition coefficient (Wildman–Crippen LogP) is 9.60. The minimum atomic E-state index is -4.06. The third-order valence-electron chi connectivity index (χ3n) is 11.9. The van der Waals surface area contributed by atoms with Gasteiger partial charge in [-0.15, -0.1) is 0 Å². The van der Waals surface area contributed by atoms with E-state index in [2.05, 4.69) is 98.2 Å². The summed E-state index contributed by atoms with van der Waals surface area (Å²) in [7, 11) is -8.11. The van der Waals surface area contributed by atoms with Gasteiger partial charge in [-0.2, -0.15) is 16.8 Å². The van der Waals surface area contributed by atoms with Gasteiger partial charge in [-0.1, -0.05) is 101 Å². The summed E-state index contributed by atoms with van der Waals surface area (Å²) in [4.78, 5) is 18.7. The van der Waals surface area contributed by atoms with Gasteiger partial charge in [-0.05, 0) is 113 Å². The quantitative estimate of drug-likeness (QED) is 0.0816. The van der Waals surface area contributed by atoms with Crippen LogP contribution in [-0.4, -0.2) is 56.3 Å². The summed E-state index contributed by atoms with van der Waals surface area (Å²) in [5, 5.41) is 4.59. The highest BCUT2D eigenvalue weighted by Crippen LogP contribution is 2.52. The van der Waals surface area contributed by atoms with Crippen LogP contribution in [0.5, 0.6) is 0 Å². The van der Waals surface area contributed by atoms with Crippen molar-refractivity contribution in [3.8, 4) is 0 Å². The van der Waals surface area contributed by atoms with Crippen LogP contribution in [0, 0.1) is 0 Å². The Bertz CT molecular complexity index is 2420. The van der Waals surface area contributed by atoms with Crippen LogP contribution in [-0.2, 0) is 35.9 Å². The monoisotopic (exact) mass is 808 g/mol. The van der Waals surface area contributed by atoms with Crippen LogP contribution in [0.3, 0.4) is 0 Å². The lowest BCUT2D eigenvalue weighted by Gasteiger charge is -2.28. The molecule has 0 unspecified atom stereocenters. The molecule has 0 radical (unpaired) electrons. The van der Waals surface area contributed by atoms with Gasteiger partial charge in [-0.3, -0.25) is 13.9 Å². The molecule has 4 aromatic rings. The topological polar surface area (TPSA) is 132 Å². The van der Waals surface area contributed by atoms with Crippen LogP contribution in [0.1, 0.15) is 83.8 Å². The van der Waals surface area contributed by atoms with E-state index in [1.807, 2.05) is 36.4 Å². The molecule has 3 aliphatic rings. The first kappa shape index (κ1) is 40.6. The second-order valence-corrected chi connectivity index (χ2v) is 19.7. The van der Waals surface area contributed by atoms with Gasteiger partial charge >= 0.3 is 0 Å². The summed E-state index contributed by atoms with van der Waals surface area (Å²) < 4.78 is 64.6. The number of rotatable bonds is 12. The molecule has 2 heterocycles. The van der Waals surface area contributed by atoms with Gasteiger partial charge in [0.05, 0.1) is 11.5 Å². The minimum absolute atomic E-state index is 0.0203. The lowest BCUT2D eigenvalue weighted by molar-refractivity contribution is -0.113. The van der Waals surface area contributed by atoms with E-state index in [0.29, 0.717) is 51.6 Å². The van der Waals surface area contributed by atoms with Crippen LogP contribution in [0.4, 0.5) is 11.4 Å². The Morgan fingerprint density at radius 3 is 1.39 bits per heavy atom. The highest BCUT2D eigenvalue weighted by molar-refractivity contribution is 7.86. The Hall–Kier alpha value is -4.55. The number of ketones is 1. The van der Waals surface area contributed by atoms with Crippen LogP contribution >= 0.6 is 0 Å². The van der Waals surface area contributed by atoms with Crippen molar-refractivity contribution < 1.29 is 30.7 Å². The molecule has 57 heavy (non-hydrogen) atoms. The zero-order valence-corrected chi connectivity index (χ0v) is 34.8. The lowest BCUT2D eigenvalue weighted by atomic mass is 9.80. The molecule has 1 aliphatic carbocycles. The molecular formula is C46H52N2O7S2. The molecular weight excluding hydrogens is 757 g/mol. The van der Waals surface area contributed by atoms with Crippen molar-refractivity contribution in [3.05, 3.63) is 131 Å². The zero-order valence-electron chi connectivity index (χ0n) is 33.2. The first-order valence-corrected chi connectivity index (χ1v) is 23.1. The molecule has 1 saturated carbocycles. The van der Waals surface area contributed by atoms with Crippen molar-refractivity contribution in [2.45, 2.75) is 83.5 Å². The summed E-state index contributed by atoms with van der Waals surface area (Å²) in [6, 6.07) is 25.1. The highest BCUT2D eigenvalue weighted by atomic mass is 32.2. The number of nitrogens with zero attached hydrogens (tertiary/aromatic N) is 2. The number of anilines is 2. The maximum Gasteiger partial charge on any atom is 0.264 e. The molecule has 11 heteroatoms. The van der Waals surface area contributed by atoms with Crippen LogP contribution in [0.2, 0.25) is 0 Å². The van der Waals surface area contributed by atoms with E-state index in [1.165, 1.54) is 11.1 Å². The largest absolute Gasteiger partial charge is 0.344 e. The van der Waals surface area contributed by atoms with Gasteiger partial charge in [0, 0.05) is 46.7 Å². The summed E-state index contributed by atoms with van der Waals surface area (Å²) in [6.07, 6.45) is 12.0. The van der Waals surface area contributed by atoms with Crippen molar-refractivity contribution in [2.24, 2.45) is 0 Å². The summed E-state index contributed by atoms with van der Waals surface area (Å²) in [5.41, 5.74) is 7.23. The van der Waals surface area contributed by atoms with E-state index >= 15 is 0 Å². The molecule has 1 fully saturated rings. The van der Waals surface area contributed by atoms with E-state index in [1.54, 1.807) is 0 Å². The van der Waals surface area contributed by atoms with Gasteiger partial charge in [0.1, 0.15) is 0 Å². The minimum Gasteiger partial charge on any atom is -0.344 e. The SMILES string of the molecule is CC1(C)C(=CC=C2CCC/C(=C\C=C3\N(CCCCS(=O)(=O)O)c4ccc5ccccc5c4C3(C)C)C2=O)N(CCCCS(=O)(=O)O)c2ccc3ccccc3c21. The molecule has 0 spiro atoms. The summed E-state index contributed by atoms with van der Waals surface area (Å²) in [5.74, 6) is -0.556. The predicted molar refractivity (Wildman–Crippen MR) is 231 cm³/mol. The van der Waals surface area contributed by atoms with E-state index in [9.17, 15) is 30.7 Å². The van der Waals surface area contributed by atoms with E-state index in [0.717, 1.165) is 61.9 Å². The Morgan fingerprint density at radius 1 is 0.579 bits per heavy atom. The Labute approximate surface area is 337 Å². The average Bonchev–Trinajstić information content (AvgIpc) is 3.51. The number of benzene rings is 4. The molecule has 4 aromatic carbocycles. The van der Waals surface area contributed by atoms with Crippen LogP contribution in [0.25, 0.3) is 21.5 Å². The number of carbonyl (C=O) groups excluding carboxylic acids is 1. The fourth-order valence-corrected chi connectivity index (χ4v) is 10.4. The molecule has 0 atom stereocenters. The first-order chi connectivity index (χ1) is 27.0. The number of allylic oxidation sites excluding steroid dienone is 8. The van der Waals surface area contributed by atoms with Gasteiger partial charge in [0.2, 0.25) is 0 Å². The van der Waals surface area contributed by atoms with Gasteiger partial charge in [0.15, 0.2) is 5.78 Å². The number of hydrogen-bond donors (Lipinski definition) is 2. The number of unbranched alkanes of at least 4 members (excludes halogenated alkanes) is 2. The number of carbonyl (C=O) groups is 1. The van der Waals surface area contributed by atoms with E-state index in [4.69, 9.17) is 0 Å². The fraction of sp³-hybridized carbons (Fsp3) is 0.370. The molecule has 0 bridgehead atoms. The fourth-order valence-electron chi connectivity index (χ4n) is 9.24. The standard InChI is InChI=1S/C46H52N2O7S2/c1-45(2)40(47(28-9-11-30-56(50,51)52)38-24-20-32-14-5-7-18-36(32)42(38)45)26-22-34-16-13-17-35(44(34)49)23-27-41-46(3,4)43-37-19-8-6-15-33(37)21-25-39(43)48(41)29-10-12-31-57(53,54)55/h5-8,14-15,18-27H,9-13,16-17,28-31H2,1-4H3,(H,50,51,52)(H,53,54,55)/b34-22+,35-23?,40-26+,41-27?. The van der Waals surface area contributed by atoms with Crippen molar-refractivity contribution in [2.75, 3.05) is 34.4 Å². The van der Waals surface area contributed by atoms with Gasteiger partial charge in [0.25, 0.3) is 20.2 Å². The van der Waals surface area contributed by atoms with E-state index < -0.39 is 31.1 Å². The Balaban J connectivity index is 1.22. The van der Waals surface area contributed by atoms with Crippen molar-refractivity contribution >= 4 is 58.9 Å². The molecule has 2 aliphatic heterocycles. The molecule has 300 valence electrons. The smallest absolute Gasteiger partial charge is 0.264 e. The third-order valence-corrected chi connectivity index (χ3v) is 13.5. The summed E-state index contributed by atoms with van der Waals surface area (Å²) in [6.45, 7) is 9.90. The second kappa shape index (κ2) is 15.7. The first-order valence-electron chi connectivity index (χ1n) is 19.8. The molecule has 0 amide bonds. The number of hydrogen-bond acceptors (Lipinski definition) is 7. The second-order valence-electron chi connectivity index (χ2n) is 16.6. The normalized spacial score (nSPS) is 20.8. The molecule has 2 N–H and O–H groups in total. The number of Topliss-reactive ketones (excluding diaryl/α,β-unsaturated/α-hetero) is 1. The summed E-state index contributed by atoms with van der Waals surface area (Å²) >= 11 is 0. The number of fused-ring (bicyclic) bond motifs is 6. The zero-order chi connectivity index (χ0) is 40.8. The lowest BCUT2D eigenvalue weighted by Crippen LogP contribution is -2.27. The van der Waals surface area contributed by atoms with Crippen molar-refractivity contribution in [3.63, 3.8) is 0 Å². The Morgan fingerprint density at radius 2 is 0.982 bits per heavy atom. The van der Waals surface area contributed by atoms with E-state index in [-0.39, 0.29) is 17.3 Å². The maximum absolute atomic E-state index is 14.2.